The molecule has 0 amide bonds. The summed E-state index contributed by atoms with van der Waals surface area (Å²) in [7, 11) is 0. The highest BCUT2D eigenvalue weighted by Gasteiger charge is 2.38. The molecular formula is C9H16F6N2O4. The van der Waals surface area contributed by atoms with Crippen LogP contribution in [0.5, 0.6) is 0 Å². The average Bonchev–Trinajstić information content (AvgIpc) is 2.28. The lowest BCUT2D eigenvalue weighted by atomic mass is 10.2. The molecule has 0 aliphatic carbocycles. The van der Waals surface area contributed by atoms with Crippen molar-refractivity contribution >= 4 is 11.9 Å². The van der Waals surface area contributed by atoms with Gasteiger partial charge >= 0.3 is 24.3 Å². The number of rotatable bonds is 3. The third-order valence-electron chi connectivity index (χ3n) is 1.55. The number of carboxylic acids is 2. The van der Waals surface area contributed by atoms with Crippen LogP contribution in [0.3, 0.4) is 0 Å². The zero-order valence-corrected chi connectivity index (χ0v) is 10.8. The molecule has 0 spiro atoms. The fourth-order valence-electron chi connectivity index (χ4n) is 0.418. The first-order valence-electron chi connectivity index (χ1n) is 5.25. The molecule has 0 radical (unpaired) electrons. The van der Waals surface area contributed by atoms with E-state index in [9.17, 15) is 26.3 Å². The van der Waals surface area contributed by atoms with Crippen LogP contribution in [0.4, 0.5) is 26.3 Å². The molecule has 0 saturated heterocycles. The summed E-state index contributed by atoms with van der Waals surface area (Å²) in [5.74, 6) is -5.51. The van der Waals surface area contributed by atoms with E-state index in [0.29, 0.717) is 6.04 Å². The van der Waals surface area contributed by atoms with E-state index in [1.807, 2.05) is 0 Å². The van der Waals surface area contributed by atoms with E-state index in [-0.39, 0.29) is 0 Å². The van der Waals surface area contributed by atoms with Crippen molar-refractivity contribution in [1.82, 2.24) is 0 Å². The summed E-state index contributed by atoms with van der Waals surface area (Å²) >= 11 is 0. The zero-order valence-electron chi connectivity index (χ0n) is 10.8. The van der Waals surface area contributed by atoms with E-state index in [1.165, 1.54) is 0 Å². The van der Waals surface area contributed by atoms with Gasteiger partial charge in [-0.15, -0.1) is 0 Å². The highest BCUT2D eigenvalue weighted by molar-refractivity contribution is 5.73. The van der Waals surface area contributed by atoms with Crippen LogP contribution in [0.1, 0.15) is 19.8 Å². The predicted octanol–water partition coefficient (Wildman–Crippen LogP) is 1.34. The molecular weight excluding hydrogens is 314 g/mol. The Morgan fingerprint density at radius 2 is 1.24 bits per heavy atom. The van der Waals surface area contributed by atoms with Crippen LogP contribution in [0, 0.1) is 0 Å². The van der Waals surface area contributed by atoms with Gasteiger partial charge in [0.25, 0.3) is 0 Å². The molecule has 0 aromatic carbocycles. The van der Waals surface area contributed by atoms with Crippen LogP contribution in [0.2, 0.25) is 0 Å². The van der Waals surface area contributed by atoms with E-state index in [0.717, 1.165) is 19.4 Å². The maximum Gasteiger partial charge on any atom is 0.490 e. The molecule has 0 rings (SSSR count). The zero-order chi connectivity index (χ0) is 17.9. The summed E-state index contributed by atoms with van der Waals surface area (Å²) in [6.45, 7) is 2.79. The molecule has 6 N–H and O–H groups in total. The lowest BCUT2D eigenvalue weighted by Crippen LogP contribution is -2.22. The van der Waals surface area contributed by atoms with Crippen molar-refractivity contribution in [2.75, 3.05) is 6.54 Å². The van der Waals surface area contributed by atoms with Gasteiger partial charge in [0.1, 0.15) is 0 Å². The Kier molecular flexibility index (Phi) is 13.0. The highest BCUT2D eigenvalue weighted by Crippen LogP contribution is 2.13. The first-order valence-corrected chi connectivity index (χ1v) is 5.25. The Labute approximate surface area is 115 Å². The van der Waals surface area contributed by atoms with E-state index in [1.54, 1.807) is 0 Å². The summed E-state index contributed by atoms with van der Waals surface area (Å²) < 4.78 is 63.5. The van der Waals surface area contributed by atoms with E-state index < -0.39 is 24.3 Å². The number of nitrogens with two attached hydrogens (primary N) is 2. The minimum absolute atomic E-state index is 0.324. The molecule has 6 nitrogen and oxygen atoms in total. The third-order valence-corrected chi connectivity index (χ3v) is 1.55. The van der Waals surface area contributed by atoms with Gasteiger partial charge in [0.05, 0.1) is 0 Å². The maximum absolute atomic E-state index is 10.6. The van der Waals surface area contributed by atoms with Gasteiger partial charge in [-0.05, 0) is 19.4 Å². The van der Waals surface area contributed by atoms with Crippen LogP contribution >= 0.6 is 0 Å². The first kappa shape index (κ1) is 24.5. The summed E-state index contributed by atoms with van der Waals surface area (Å²) in [5.41, 5.74) is 10.7. The summed E-state index contributed by atoms with van der Waals surface area (Å²) in [6.07, 6.45) is -8.17. The number of halogens is 6. The van der Waals surface area contributed by atoms with Gasteiger partial charge < -0.3 is 21.7 Å². The van der Waals surface area contributed by atoms with E-state index >= 15 is 0 Å². The van der Waals surface area contributed by atoms with Gasteiger partial charge in [-0.2, -0.15) is 26.3 Å². The second kappa shape index (κ2) is 11.1. The normalized spacial score (nSPS) is 12.2. The minimum Gasteiger partial charge on any atom is -0.475 e. The molecule has 21 heavy (non-hydrogen) atoms. The first-order chi connectivity index (χ1) is 9.19. The van der Waals surface area contributed by atoms with Crippen molar-refractivity contribution in [1.29, 1.82) is 0 Å². The molecule has 0 aliphatic heterocycles. The van der Waals surface area contributed by atoms with Crippen molar-refractivity contribution in [3.05, 3.63) is 0 Å². The lowest BCUT2D eigenvalue weighted by molar-refractivity contribution is -0.193. The summed E-state index contributed by atoms with van der Waals surface area (Å²) in [4.78, 5) is 17.8. The molecule has 0 aromatic rings. The Bertz CT molecular complexity index is 282. The van der Waals surface area contributed by atoms with Crippen LogP contribution in [-0.4, -0.2) is 47.1 Å². The largest absolute Gasteiger partial charge is 0.490 e. The molecule has 0 fully saturated rings. The third kappa shape index (κ3) is 20.9. The molecule has 0 aromatic heterocycles. The second-order valence-corrected chi connectivity index (χ2v) is 3.35. The number of carboxylic acid groups (broad SMARTS) is 2. The van der Waals surface area contributed by atoms with Crippen molar-refractivity contribution in [3.8, 4) is 0 Å². The molecule has 0 bridgehead atoms. The van der Waals surface area contributed by atoms with Gasteiger partial charge in [0.2, 0.25) is 0 Å². The molecule has 1 atom stereocenters. The maximum atomic E-state index is 10.6. The van der Waals surface area contributed by atoms with E-state index in [4.69, 9.17) is 31.3 Å². The lowest BCUT2D eigenvalue weighted by Gasteiger charge is -2.03. The SMILES string of the molecule is CCC(N)CCN.O=C(O)C(F)(F)F.O=C(O)C(F)(F)F. The quantitative estimate of drug-likeness (QED) is 0.578. The second-order valence-electron chi connectivity index (χ2n) is 3.35. The van der Waals surface area contributed by atoms with Gasteiger partial charge in [-0.1, -0.05) is 6.92 Å². The van der Waals surface area contributed by atoms with Crippen LogP contribution in [-0.2, 0) is 9.59 Å². The molecule has 1 unspecified atom stereocenters. The molecule has 0 heterocycles. The van der Waals surface area contributed by atoms with Crippen LogP contribution in [0.25, 0.3) is 0 Å². The topological polar surface area (TPSA) is 127 Å². The Hall–Kier alpha value is -1.56. The van der Waals surface area contributed by atoms with Gasteiger partial charge in [-0.3, -0.25) is 0 Å². The predicted molar refractivity (Wildman–Crippen MR) is 59.3 cm³/mol. The monoisotopic (exact) mass is 330 g/mol. The number of carbonyl (C=O) groups is 2. The Morgan fingerprint density at radius 3 is 1.29 bits per heavy atom. The standard InChI is InChI=1S/C5H14N2.2C2HF3O2/c1-2-5(7)3-4-6;2*3-2(4,5)1(6)7/h5H,2-4,6-7H2,1H3;2*(H,6,7). The van der Waals surface area contributed by atoms with E-state index in [2.05, 4.69) is 6.92 Å². The Morgan fingerprint density at radius 1 is 1.00 bits per heavy atom. The fraction of sp³-hybridized carbons (Fsp3) is 0.778. The molecule has 12 heteroatoms. The van der Waals surface area contributed by atoms with Gasteiger partial charge in [-0.25, -0.2) is 9.59 Å². The molecule has 0 saturated carbocycles. The van der Waals surface area contributed by atoms with Gasteiger partial charge in [0, 0.05) is 6.04 Å². The van der Waals surface area contributed by atoms with Crippen LogP contribution in [0.15, 0.2) is 0 Å². The molecule has 0 aliphatic rings. The number of aliphatic carboxylic acids is 2. The summed E-state index contributed by atoms with van der Waals surface area (Å²) in [6, 6.07) is 0.324. The Balaban J connectivity index is -0.000000231. The van der Waals surface area contributed by atoms with Crippen molar-refractivity contribution in [2.45, 2.75) is 38.2 Å². The number of hydrogen-bond donors (Lipinski definition) is 4. The number of alkyl halides is 6. The molecule has 128 valence electrons. The minimum atomic E-state index is -5.08. The summed E-state index contributed by atoms with van der Waals surface area (Å²) in [5, 5.41) is 14.2. The highest BCUT2D eigenvalue weighted by atomic mass is 19.4. The van der Waals surface area contributed by atoms with Crippen molar-refractivity contribution in [2.24, 2.45) is 11.5 Å². The van der Waals surface area contributed by atoms with Crippen molar-refractivity contribution in [3.63, 3.8) is 0 Å². The van der Waals surface area contributed by atoms with Crippen molar-refractivity contribution < 1.29 is 46.1 Å². The van der Waals surface area contributed by atoms with Crippen LogP contribution < -0.4 is 11.5 Å². The fourth-order valence-corrected chi connectivity index (χ4v) is 0.418. The average molecular weight is 330 g/mol. The number of hydrogen-bond acceptors (Lipinski definition) is 4. The van der Waals surface area contributed by atoms with Gasteiger partial charge in [0.15, 0.2) is 0 Å². The smallest absolute Gasteiger partial charge is 0.475 e.